The van der Waals surface area contributed by atoms with Gasteiger partial charge >= 0.3 is 5.97 Å². The number of ether oxygens (including phenoxy) is 1. The molecule has 0 aliphatic heterocycles. The number of esters is 1. The van der Waals surface area contributed by atoms with E-state index in [1.165, 1.54) is 18.0 Å². The molecule has 0 spiro atoms. The fraction of sp³-hybridized carbons (Fsp3) is 0.200. The summed E-state index contributed by atoms with van der Waals surface area (Å²) in [5.41, 5.74) is 1.30. The van der Waals surface area contributed by atoms with Gasteiger partial charge in [-0.1, -0.05) is 23.9 Å². The molecule has 0 unspecified atom stereocenters. The zero-order chi connectivity index (χ0) is 15.9. The fourth-order valence-corrected chi connectivity index (χ4v) is 2.38. The third-order valence-electron chi connectivity index (χ3n) is 2.72. The van der Waals surface area contributed by atoms with Crippen LogP contribution in [0.15, 0.2) is 35.6 Å². The Kier molecular flexibility index (Phi) is 5.33. The molecule has 0 radical (unpaired) electrons. The molecule has 22 heavy (non-hydrogen) atoms. The number of carbonyl (C=O) groups is 2. The summed E-state index contributed by atoms with van der Waals surface area (Å²) in [6.45, 7) is 2.01. The van der Waals surface area contributed by atoms with Gasteiger partial charge in [-0.25, -0.2) is 9.78 Å². The number of aromatic amines is 1. The summed E-state index contributed by atoms with van der Waals surface area (Å²) in [5, 5.41) is 9.19. The van der Waals surface area contributed by atoms with Gasteiger partial charge in [0, 0.05) is 5.56 Å². The summed E-state index contributed by atoms with van der Waals surface area (Å²) < 4.78 is 4.85. The molecule has 6 nitrogen and oxygen atoms in total. The minimum Gasteiger partial charge on any atom is -0.461 e. The number of ketones is 1. The number of hydrogen-bond acceptors (Lipinski definition) is 6. The van der Waals surface area contributed by atoms with Crippen LogP contribution in [0.2, 0.25) is 0 Å². The number of aromatic nitrogens is 2. The molecule has 1 aromatic carbocycles. The van der Waals surface area contributed by atoms with Crippen LogP contribution in [0.3, 0.4) is 0 Å². The van der Waals surface area contributed by atoms with E-state index in [2.05, 4.69) is 9.97 Å². The van der Waals surface area contributed by atoms with Crippen LogP contribution in [-0.4, -0.2) is 34.1 Å². The van der Waals surface area contributed by atoms with Crippen LogP contribution in [-0.2, 0) is 4.74 Å². The van der Waals surface area contributed by atoms with E-state index in [1.807, 2.05) is 6.07 Å². The molecule has 0 saturated heterocycles. The number of hydrogen-bond donors (Lipinski definition) is 1. The Hall–Kier alpha value is -2.59. The van der Waals surface area contributed by atoms with Crippen LogP contribution in [0.1, 0.15) is 33.3 Å². The Morgan fingerprint density at radius 1 is 1.36 bits per heavy atom. The lowest BCUT2D eigenvalue weighted by Crippen LogP contribution is -2.05. The molecule has 0 bridgehead atoms. The SMILES string of the molecule is CCOC(=O)c1cnc(SCC(=O)c2ccc(C#N)cc2)[nH]1. The average molecular weight is 315 g/mol. The summed E-state index contributed by atoms with van der Waals surface area (Å²) in [4.78, 5) is 30.3. The monoisotopic (exact) mass is 315 g/mol. The van der Waals surface area contributed by atoms with Crippen LogP contribution in [0.4, 0.5) is 0 Å². The highest BCUT2D eigenvalue weighted by Crippen LogP contribution is 2.16. The van der Waals surface area contributed by atoms with Gasteiger partial charge in [0.1, 0.15) is 5.69 Å². The number of Topliss-reactive ketones (excluding diaryl/α,β-unsaturated/α-hetero) is 1. The molecule has 0 aliphatic rings. The van der Waals surface area contributed by atoms with Crippen molar-refractivity contribution in [2.75, 3.05) is 12.4 Å². The maximum atomic E-state index is 12.0. The topological polar surface area (TPSA) is 95.8 Å². The normalized spacial score (nSPS) is 10.0. The first-order valence-corrected chi connectivity index (χ1v) is 7.51. The van der Waals surface area contributed by atoms with E-state index in [0.717, 1.165) is 0 Å². The number of rotatable bonds is 6. The molecule has 0 amide bonds. The smallest absolute Gasteiger partial charge is 0.356 e. The Morgan fingerprint density at radius 2 is 2.09 bits per heavy atom. The highest BCUT2D eigenvalue weighted by Gasteiger charge is 2.12. The number of nitrogens with zero attached hydrogens (tertiary/aromatic N) is 2. The molecular weight excluding hydrogens is 302 g/mol. The lowest BCUT2D eigenvalue weighted by Gasteiger charge is -2.00. The van der Waals surface area contributed by atoms with Crippen molar-refractivity contribution in [1.82, 2.24) is 9.97 Å². The Morgan fingerprint density at radius 3 is 2.73 bits per heavy atom. The minimum absolute atomic E-state index is 0.0800. The van der Waals surface area contributed by atoms with E-state index in [9.17, 15) is 9.59 Å². The van der Waals surface area contributed by atoms with E-state index in [1.54, 1.807) is 31.2 Å². The van der Waals surface area contributed by atoms with Crippen molar-refractivity contribution in [2.24, 2.45) is 0 Å². The summed E-state index contributed by atoms with van der Waals surface area (Å²) in [6, 6.07) is 8.44. The van der Waals surface area contributed by atoms with Crippen molar-refractivity contribution in [2.45, 2.75) is 12.1 Å². The summed E-state index contributed by atoms with van der Waals surface area (Å²) >= 11 is 1.20. The first-order valence-electron chi connectivity index (χ1n) is 6.52. The van der Waals surface area contributed by atoms with Crippen molar-refractivity contribution in [3.63, 3.8) is 0 Å². The minimum atomic E-state index is -0.472. The molecule has 1 aromatic heterocycles. The van der Waals surface area contributed by atoms with Gasteiger partial charge in [-0.2, -0.15) is 5.26 Å². The van der Waals surface area contributed by atoms with Gasteiger partial charge in [-0.3, -0.25) is 4.79 Å². The maximum Gasteiger partial charge on any atom is 0.356 e. The number of benzene rings is 1. The largest absolute Gasteiger partial charge is 0.461 e. The highest BCUT2D eigenvalue weighted by molar-refractivity contribution is 7.99. The molecule has 0 saturated carbocycles. The molecule has 0 fully saturated rings. The van der Waals surface area contributed by atoms with Crippen LogP contribution < -0.4 is 0 Å². The number of thioether (sulfide) groups is 1. The zero-order valence-electron chi connectivity index (χ0n) is 11.8. The molecule has 0 aliphatic carbocycles. The molecule has 1 N–H and O–H groups in total. The first-order chi connectivity index (χ1) is 10.6. The number of carbonyl (C=O) groups excluding carboxylic acids is 2. The van der Waals surface area contributed by atoms with Gasteiger partial charge in [-0.15, -0.1) is 0 Å². The average Bonchev–Trinajstić information content (AvgIpc) is 3.02. The lowest BCUT2D eigenvalue weighted by atomic mass is 10.1. The highest BCUT2D eigenvalue weighted by atomic mass is 32.2. The molecule has 1 heterocycles. The quantitative estimate of drug-likeness (QED) is 0.499. The Balaban J connectivity index is 1.93. The van der Waals surface area contributed by atoms with Gasteiger partial charge in [0.05, 0.1) is 30.2 Å². The summed E-state index contributed by atoms with van der Waals surface area (Å²) in [7, 11) is 0. The van der Waals surface area contributed by atoms with Gasteiger partial charge in [0.25, 0.3) is 0 Å². The maximum absolute atomic E-state index is 12.0. The van der Waals surface area contributed by atoms with E-state index in [4.69, 9.17) is 10.00 Å². The molecular formula is C15H13N3O3S. The van der Waals surface area contributed by atoms with Crippen molar-refractivity contribution in [3.05, 3.63) is 47.3 Å². The molecule has 7 heteroatoms. The second-order valence-corrected chi connectivity index (χ2v) is 5.19. The number of H-pyrrole nitrogens is 1. The van der Waals surface area contributed by atoms with Gasteiger partial charge in [0.15, 0.2) is 10.9 Å². The van der Waals surface area contributed by atoms with Crippen molar-refractivity contribution in [1.29, 1.82) is 5.26 Å². The van der Waals surface area contributed by atoms with Crippen molar-refractivity contribution < 1.29 is 14.3 Å². The van der Waals surface area contributed by atoms with Gasteiger partial charge < -0.3 is 9.72 Å². The van der Waals surface area contributed by atoms with Crippen molar-refractivity contribution >= 4 is 23.5 Å². The molecule has 2 rings (SSSR count). The second-order valence-electron chi connectivity index (χ2n) is 4.22. The summed E-state index contributed by atoms with van der Waals surface area (Å²) in [6.07, 6.45) is 1.38. The fourth-order valence-electron chi connectivity index (χ4n) is 1.64. The lowest BCUT2D eigenvalue weighted by molar-refractivity contribution is 0.0519. The third kappa shape index (κ3) is 3.96. The number of nitrogens with one attached hydrogen (secondary N) is 1. The van der Waals surface area contributed by atoms with Crippen LogP contribution in [0.5, 0.6) is 0 Å². The first kappa shape index (κ1) is 15.8. The van der Waals surface area contributed by atoms with Crippen molar-refractivity contribution in [3.8, 4) is 6.07 Å². The number of nitriles is 1. The predicted molar refractivity (Wildman–Crippen MR) is 80.8 cm³/mol. The van der Waals surface area contributed by atoms with E-state index in [-0.39, 0.29) is 23.8 Å². The Labute approximate surface area is 131 Å². The number of imidazole rings is 1. The molecule has 0 atom stereocenters. The molecule has 2 aromatic rings. The Bertz CT molecular complexity index is 716. The van der Waals surface area contributed by atoms with E-state index in [0.29, 0.717) is 16.3 Å². The van der Waals surface area contributed by atoms with Crippen LogP contribution in [0, 0.1) is 11.3 Å². The molecule has 112 valence electrons. The van der Waals surface area contributed by atoms with E-state index >= 15 is 0 Å². The van der Waals surface area contributed by atoms with Gasteiger partial charge in [0.2, 0.25) is 0 Å². The second kappa shape index (κ2) is 7.43. The standard InChI is InChI=1S/C15H13N3O3S/c1-2-21-14(20)12-8-17-15(18-12)22-9-13(19)11-5-3-10(7-16)4-6-11/h3-6,8H,2,9H2,1H3,(H,17,18). The third-order valence-corrected chi connectivity index (χ3v) is 3.61. The predicted octanol–water partition coefficient (Wildman–Crippen LogP) is 2.43. The zero-order valence-corrected chi connectivity index (χ0v) is 12.6. The van der Waals surface area contributed by atoms with Crippen LogP contribution >= 0.6 is 11.8 Å². The van der Waals surface area contributed by atoms with E-state index < -0.39 is 5.97 Å². The van der Waals surface area contributed by atoms with Gasteiger partial charge in [-0.05, 0) is 19.1 Å². The van der Waals surface area contributed by atoms with Crippen LogP contribution in [0.25, 0.3) is 0 Å². The summed E-state index contributed by atoms with van der Waals surface area (Å²) in [5.74, 6) is -0.370.